The number of ether oxygens (including phenoxy) is 1. The average Bonchev–Trinajstić information content (AvgIpc) is 2.17. The zero-order chi connectivity index (χ0) is 11.6. The molecule has 0 saturated carbocycles. The second kappa shape index (κ2) is 4.06. The fourth-order valence-corrected chi connectivity index (χ4v) is 1.33. The molecule has 0 radical (unpaired) electrons. The highest BCUT2D eigenvalue weighted by atomic mass is 19.1. The molecule has 0 heterocycles. The van der Waals surface area contributed by atoms with Gasteiger partial charge in [-0.3, -0.25) is 0 Å². The van der Waals surface area contributed by atoms with Crippen LogP contribution in [0.1, 0.15) is 19.4 Å². The molecule has 0 unspecified atom stereocenters. The minimum atomic E-state index is -0.634. The first-order valence-corrected chi connectivity index (χ1v) is 4.60. The number of phenols is 1. The van der Waals surface area contributed by atoms with Gasteiger partial charge in [0.2, 0.25) is 0 Å². The maximum atomic E-state index is 13.2. The molecule has 1 aromatic rings. The number of hydrogen-bond acceptors (Lipinski definition) is 3. The second-order valence-corrected chi connectivity index (χ2v) is 4.05. The van der Waals surface area contributed by atoms with Gasteiger partial charge in [-0.1, -0.05) is 13.8 Å². The average molecular weight is 214 g/mol. The first kappa shape index (κ1) is 11.8. The second-order valence-electron chi connectivity index (χ2n) is 4.05. The van der Waals surface area contributed by atoms with E-state index in [1.54, 1.807) is 13.8 Å². The Bertz CT molecular complexity index is 361. The van der Waals surface area contributed by atoms with Crippen LogP contribution in [0.4, 0.5) is 4.39 Å². The number of phenolic OH excluding ortho intramolecular Hbond substituents is 1. The first-order valence-electron chi connectivity index (χ1n) is 4.60. The minimum absolute atomic E-state index is 0.0596. The number of benzene rings is 1. The Hall–Kier alpha value is -1.29. The van der Waals surface area contributed by atoms with Crippen molar-refractivity contribution < 1.29 is 19.3 Å². The lowest BCUT2D eigenvalue weighted by atomic mass is 9.85. The monoisotopic (exact) mass is 214 g/mol. The molecular formula is C11H15FO3. The molecule has 0 atom stereocenters. The zero-order valence-corrected chi connectivity index (χ0v) is 9.04. The SMILES string of the molecule is COc1cc(C(C)(C)CO)c(O)cc1F. The third-order valence-corrected chi connectivity index (χ3v) is 2.39. The van der Waals surface area contributed by atoms with Gasteiger partial charge < -0.3 is 14.9 Å². The number of aromatic hydroxyl groups is 1. The van der Waals surface area contributed by atoms with E-state index in [1.165, 1.54) is 13.2 Å². The van der Waals surface area contributed by atoms with Crippen LogP contribution < -0.4 is 4.74 Å². The lowest BCUT2D eigenvalue weighted by molar-refractivity contribution is 0.214. The molecule has 3 nitrogen and oxygen atoms in total. The first-order chi connectivity index (χ1) is 6.92. The Morgan fingerprint density at radius 2 is 2.00 bits per heavy atom. The smallest absolute Gasteiger partial charge is 0.168 e. The summed E-state index contributed by atoms with van der Waals surface area (Å²) < 4.78 is 18.0. The summed E-state index contributed by atoms with van der Waals surface area (Å²) in [6, 6.07) is 2.40. The van der Waals surface area contributed by atoms with Crippen molar-refractivity contribution in [1.82, 2.24) is 0 Å². The van der Waals surface area contributed by atoms with Crippen LogP contribution in [0.3, 0.4) is 0 Å². The summed E-state index contributed by atoms with van der Waals surface area (Å²) in [7, 11) is 1.35. The Morgan fingerprint density at radius 1 is 1.40 bits per heavy atom. The van der Waals surface area contributed by atoms with E-state index < -0.39 is 11.2 Å². The van der Waals surface area contributed by atoms with E-state index in [0.29, 0.717) is 5.56 Å². The molecule has 1 rings (SSSR count). The highest BCUT2D eigenvalue weighted by molar-refractivity contribution is 5.44. The molecule has 0 spiro atoms. The number of halogens is 1. The van der Waals surface area contributed by atoms with Crippen molar-refractivity contribution in [1.29, 1.82) is 0 Å². The Kier molecular flexibility index (Phi) is 3.19. The lowest BCUT2D eigenvalue weighted by Gasteiger charge is -2.23. The van der Waals surface area contributed by atoms with Crippen LogP contribution in [0.15, 0.2) is 12.1 Å². The largest absolute Gasteiger partial charge is 0.508 e. The van der Waals surface area contributed by atoms with Crippen molar-refractivity contribution in [2.75, 3.05) is 13.7 Å². The molecule has 0 bridgehead atoms. The van der Waals surface area contributed by atoms with Crippen molar-refractivity contribution >= 4 is 0 Å². The summed E-state index contributed by atoms with van der Waals surface area (Å²) in [6.07, 6.45) is 0. The van der Waals surface area contributed by atoms with Crippen LogP contribution in [0.25, 0.3) is 0 Å². The van der Waals surface area contributed by atoms with Crippen molar-refractivity contribution in [2.45, 2.75) is 19.3 Å². The zero-order valence-electron chi connectivity index (χ0n) is 9.04. The third-order valence-electron chi connectivity index (χ3n) is 2.39. The van der Waals surface area contributed by atoms with Gasteiger partial charge in [0.15, 0.2) is 11.6 Å². The summed E-state index contributed by atoms with van der Waals surface area (Å²) in [5.41, 5.74) is -0.173. The summed E-state index contributed by atoms with van der Waals surface area (Å²) in [5, 5.41) is 18.7. The van der Waals surface area contributed by atoms with E-state index in [0.717, 1.165) is 6.07 Å². The van der Waals surface area contributed by atoms with Gasteiger partial charge in [-0.2, -0.15) is 0 Å². The number of methoxy groups -OCH3 is 1. The highest BCUT2D eigenvalue weighted by Crippen LogP contribution is 2.35. The molecule has 4 heteroatoms. The molecule has 0 aliphatic heterocycles. The van der Waals surface area contributed by atoms with E-state index >= 15 is 0 Å². The molecule has 0 aliphatic carbocycles. The molecule has 0 aliphatic rings. The maximum absolute atomic E-state index is 13.2. The van der Waals surface area contributed by atoms with E-state index in [1.807, 2.05) is 0 Å². The summed E-state index contributed by atoms with van der Waals surface area (Å²) in [5.74, 6) is -0.732. The van der Waals surface area contributed by atoms with Gasteiger partial charge in [-0.15, -0.1) is 0 Å². The molecule has 84 valence electrons. The van der Waals surface area contributed by atoms with E-state index in [9.17, 15) is 9.50 Å². The number of rotatable bonds is 3. The fraction of sp³-hybridized carbons (Fsp3) is 0.455. The van der Waals surface area contributed by atoms with Gasteiger partial charge in [-0.25, -0.2) is 4.39 Å². The van der Waals surface area contributed by atoms with Crippen molar-refractivity contribution in [2.24, 2.45) is 0 Å². The molecule has 15 heavy (non-hydrogen) atoms. The van der Waals surface area contributed by atoms with Crippen molar-refractivity contribution in [3.63, 3.8) is 0 Å². The van der Waals surface area contributed by atoms with Crippen LogP contribution in [0, 0.1) is 5.82 Å². The Balaban J connectivity index is 3.30. The predicted molar refractivity (Wildman–Crippen MR) is 54.7 cm³/mol. The van der Waals surface area contributed by atoms with E-state index in [4.69, 9.17) is 9.84 Å². The predicted octanol–water partition coefficient (Wildman–Crippen LogP) is 1.81. The number of aliphatic hydroxyl groups is 1. The molecule has 0 fully saturated rings. The van der Waals surface area contributed by atoms with Gasteiger partial charge >= 0.3 is 0 Å². The standard InChI is InChI=1S/C11H15FO3/c1-11(2,6-13)7-4-10(15-3)8(12)5-9(7)14/h4-5,13-14H,6H2,1-3H3. The van der Waals surface area contributed by atoms with Crippen LogP contribution in [-0.2, 0) is 5.41 Å². The number of aliphatic hydroxyl groups excluding tert-OH is 1. The molecule has 0 aromatic heterocycles. The van der Waals surface area contributed by atoms with Crippen molar-refractivity contribution in [3.05, 3.63) is 23.5 Å². The van der Waals surface area contributed by atoms with Gasteiger partial charge in [0, 0.05) is 17.0 Å². The van der Waals surface area contributed by atoms with Crippen molar-refractivity contribution in [3.8, 4) is 11.5 Å². The normalized spacial score (nSPS) is 11.5. The summed E-state index contributed by atoms with van der Waals surface area (Å²) >= 11 is 0. The Morgan fingerprint density at radius 3 is 2.47 bits per heavy atom. The quantitative estimate of drug-likeness (QED) is 0.806. The van der Waals surface area contributed by atoms with Gasteiger partial charge in [0.05, 0.1) is 13.7 Å². The van der Waals surface area contributed by atoms with Crippen LogP contribution >= 0.6 is 0 Å². The van der Waals surface area contributed by atoms with E-state index in [2.05, 4.69) is 0 Å². The highest BCUT2D eigenvalue weighted by Gasteiger charge is 2.25. The van der Waals surface area contributed by atoms with Gasteiger partial charge in [0.1, 0.15) is 5.75 Å². The summed E-state index contributed by atoms with van der Waals surface area (Å²) in [4.78, 5) is 0. The molecule has 2 N–H and O–H groups in total. The Labute approximate surface area is 88.1 Å². The van der Waals surface area contributed by atoms with Crippen LogP contribution in [0.5, 0.6) is 11.5 Å². The molecule has 0 amide bonds. The topological polar surface area (TPSA) is 49.7 Å². The lowest BCUT2D eigenvalue weighted by Crippen LogP contribution is -2.22. The maximum Gasteiger partial charge on any atom is 0.168 e. The van der Waals surface area contributed by atoms with Crippen LogP contribution in [0.2, 0.25) is 0 Å². The van der Waals surface area contributed by atoms with E-state index in [-0.39, 0.29) is 18.1 Å². The van der Waals surface area contributed by atoms with Gasteiger partial charge in [0.25, 0.3) is 0 Å². The fourth-order valence-electron chi connectivity index (χ4n) is 1.33. The minimum Gasteiger partial charge on any atom is -0.508 e. The molecular weight excluding hydrogens is 199 g/mol. The number of hydrogen-bond donors (Lipinski definition) is 2. The molecule has 0 saturated heterocycles. The van der Waals surface area contributed by atoms with Gasteiger partial charge in [-0.05, 0) is 6.07 Å². The third kappa shape index (κ3) is 2.21. The summed E-state index contributed by atoms with van der Waals surface area (Å²) in [6.45, 7) is 3.36. The van der Waals surface area contributed by atoms with Crippen LogP contribution in [-0.4, -0.2) is 23.9 Å². The molecule has 1 aromatic carbocycles.